The van der Waals surface area contributed by atoms with Gasteiger partial charge in [0.05, 0.1) is 17.1 Å². The lowest BCUT2D eigenvalue weighted by Crippen LogP contribution is -2.45. The Morgan fingerprint density at radius 2 is 2.09 bits per heavy atom. The largest absolute Gasteiger partial charge is 0.433 e. The minimum Gasteiger partial charge on any atom is -0.433 e. The molecule has 10 nitrogen and oxygen atoms in total. The predicted molar refractivity (Wildman–Crippen MR) is 117 cm³/mol. The molecule has 0 spiro atoms. The molecule has 1 unspecified atom stereocenters. The average Bonchev–Trinajstić information content (AvgIpc) is 3.09. The maximum atomic E-state index is 12.9. The summed E-state index contributed by atoms with van der Waals surface area (Å²) in [5, 5.41) is 5.42. The van der Waals surface area contributed by atoms with E-state index in [4.69, 9.17) is 26.8 Å². The zero-order valence-corrected chi connectivity index (χ0v) is 18.2. The lowest BCUT2D eigenvalue weighted by molar-refractivity contribution is -0.164. The number of ether oxygens (including phenoxy) is 2. The van der Waals surface area contributed by atoms with Crippen LogP contribution in [0.25, 0.3) is 0 Å². The van der Waals surface area contributed by atoms with Crippen molar-refractivity contribution in [1.82, 2.24) is 9.88 Å². The molecule has 0 saturated carbocycles. The fourth-order valence-electron chi connectivity index (χ4n) is 3.17. The van der Waals surface area contributed by atoms with Crippen LogP contribution in [0.2, 0.25) is 5.02 Å². The van der Waals surface area contributed by atoms with Crippen LogP contribution in [-0.2, 0) is 19.1 Å². The van der Waals surface area contributed by atoms with Crippen molar-refractivity contribution in [3.05, 3.63) is 57.5 Å². The Hall–Kier alpha value is -3.37. The van der Waals surface area contributed by atoms with Crippen LogP contribution >= 0.6 is 11.6 Å². The molecule has 11 heteroatoms. The van der Waals surface area contributed by atoms with E-state index in [9.17, 15) is 19.2 Å². The van der Waals surface area contributed by atoms with Gasteiger partial charge in [-0.2, -0.15) is 0 Å². The molecule has 2 heterocycles. The molecule has 1 aliphatic rings. The predicted octanol–water partition coefficient (Wildman–Crippen LogP) is 1.69. The normalized spacial score (nSPS) is 18.7. The number of pyridine rings is 1. The van der Waals surface area contributed by atoms with E-state index in [1.165, 1.54) is 48.0 Å². The summed E-state index contributed by atoms with van der Waals surface area (Å²) in [4.78, 5) is 49.7. The number of nitrogens with one attached hydrogen (secondary N) is 2. The van der Waals surface area contributed by atoms with Gasteiger partial charge in [-0.05, 0) is 44.2 Å². The highest BCUT2D eigenvalue weighted by molar-refractivity contribution is 6.33. The third kappa shape index (κ3) is 5.09. The smallest absolute Gasteiger partial charge is 0.310 e. The molecular formula is C21H23ClN4O6. The van der Waals surface area contributed by atoms with Crippen molar-refractivity contribution in [3.63, 3.8) is 0 Å². The number of benzene rings is 1. The molecule has 0 aliphatic carbocycles. The van der Waals surface area contributed by atoms with Gasteiger partial charge >= 0.3 is 5.97 Å². The highest BCUT2D eigenvalue weighted by Crippen LogP contribution is 2.20. The van der Waals surface area contributed by atoms with Gasteiger partial charge in [-0.1, -0.05) is 11.6 Å². The number of esters is 1. The Morgan fingerprint density at radius 3 is 2.78 bits per heavy atom. The summed E-state index contributed by atoms with van der Waals surface area (Å²) in [6, 6.07) is 5.73. The van der Waals surface area contributed by atoms with Crippen molar-refractivity contribution in [1.29, 1.82) is 0 Å². The van der Waals surface area contributed by atoms with E-state index >= 15 is 0 Å². The minimum absolute atomic E-state index is 0.0170. The lowest BCUT2D eigenvalue weighted by atomic mass is 10.2. The lowest BCUT2D eigenvalue weighted by Gasteiger charge is -2.21. The Morgan fingerprint density at radius 1 is 1.34 bits per heavy atom. The van der Waals surface area contributed by atoms with Crippen LogP contribution in [0.3, 0.4) is 0 Å². The summed E-state index contributed by atoms with van der Waals surface area (Å²) >= 11 is 5.95. The summed E-state index contributed by atoms with van der Waals surface area (Å²) in [5.41, 5.74) is 5.60. The first-order valence-electron chi connectivity index (χ1n) is 9.90. The molecule has 0 bridgehead atoms. The summed E-state index contributed by atoms with van der Waals surface area (Å²) in [5.74, 6) is -1.54. The summed E-state index contributed by atoms with van der Waals surface area (Å²) in [6.45, 7) is 3.57. The molecule has 32 heavy (non-hydrogen) atoms. The van der Waals surface area contributed by atoms with Crippen molar-refractivity contribution in [3.8, 4) is 0 Å². The van der Waals surface area contributed by atoms with E-state index in [0.717, 1.165) is 0 Å². The molecule has 4 N–H and O–H groups in total. The van der Waals surface area contributed by atoms with E-state index < -0.39 is 41.7 Å². The van der Waals surface area contributed by atoms with Gasteiger partial charge in [-0.3, -0.25) is 19.2 Å². The number of amides is 2. The van der Waals surface area contributed by atoms with Crippen LogP contribution in [0.15, 0.2) is 41.3 Å². The molecular weight excluding hydrogens is 440 g/mol. The van der Waals surface area contributed by atoms with Crippen LogP contribution < -0.4 is 21.9 Å². The van der Waals surface area contributed by atoms with Gasteiger partial charge in [0.2, 0.25) is 12.2 Å². The van der Waals surface area contributed by atoms with E-state index in [1.807, 2.05) is 0 Å². The summed E-state index contributed by atoms with van der Waals surface area (Å²) in [6.07, 6.45) is 0.523. The number of nitrogens with zero attached hydrogens (tertiary/aromatic N) is 1. The molecule has 2 amide bonds. The quantitative estimate of drug-likeness (QED) is 0.419. The highest BCUT2D eigenvalue weighted by Gasteiger charge is 2.37. The third-order valence-electron chi connectivity index (χ3n) is 4.90. The van der Waals surface area contributed by atoms with Crippen LogP contribution in [-0.4, -0.2) is 41.3 Å². The molecule has 1 saturated heterocycles. The first-order chi connectivity index (χ1) is 15.2. The summed E-state index contributed by atoms with van der Waals surface area (Å²) < 4.78 is 11.5. The second-order valence-corrected chi connectivity index (χ2v) is 7.54. The van der Waals surface area contributed by atoms with Crippen LogP contribution in [0.5, 0.6) is 0 Å². The van der Waals surface area contributed by atoms with E-state index in [1.54, 1.807) is 6.92 Å². The minimum atomic E-state index is -0.928. The van der Waals surface area contributed by atoms with Gasteiger partial charge in [-0.15, -0.1) is 0 Å². The van der Waals surface area contributed by atoms with Gasteiger partial charge in [0, 0.05) is 18.4 Å². The monoisotopic (exact) mass is 462 g/mol. The fraction of sp³-hybridized carbons (Fsp3) is 0.333. The van der Waals surface area contributed by atoms with Crippen LogP contribution in [0.4, 0.5) is 11.4 Å². The molecule has 1 aliphatic heterocycles. The topological polar surface area (TPSA) is 142 Å². The second kappa shape index (κ2) is 9.84. The SMILES string of the molecule is CCO[C@@H]1OC(=O)C[C@@H]1NC(=O)C(C)n1cccc(NC(=O)c2ccc(N)c(Cl)c2)c1=O. The van der Waals surface area contributed by atoms with Crippen molar-refractivity contribution in [2.24, 2.45) is 0 Å². The van der Waals surface area contributed by atoms with Gasteiger partial charge in [0.1, 0.15) is 17.8 Å². The number of anilines is 2. The number of rotatable bonds is 7. The maximum absolute atomic E-state index is 12.9. The third-order valence-corrected chi connectivity index (χ3v) is 5.23. The van der Waals surface area contributed by atoms with Crippen molar-refractivity contribution in [2.75, 3.05) is 17.7 Å². The number of hydrogen-bond acceptors (Lipinski definition) is 7. The average molecular weight is 463 g/mol. The van der Waals surface area contributed by atoms with Crippen molar-refractivity contribution in [2.45, 2.75) is 38.6 Å². The zero-order chi connectivity index (χ0) is 23.4. The number of carbonyl (C=O) groups is 3. The highest BCUT2D eigenvalue weighted by atomic mass is 35.5. The molecule has 2 aromatic rings. The molecule has 3 atom stereocenters. The van der Waals surface area contributed by atoms with Gasteiger partial charge < -0.3 is 30.4 Å². The van der Waals surface area contributed by atoms with E-state index in [2.05, 4.69) is 10.6 Å². The first-order valence-corrected chi connectivity index (χ1v) is 10.3. The Balaban J connectivity index is 1.74. The number of hydrogen-bond donors (Lipinski definition) is 3. The number of aromatic nitrogens is 1. The standard InChI is InChI=1S/C21H23ClN4O6/c1-3-31-21-16(10-17(27)32-21)25-18(28)11(2)26-8-4-5-15(20(26)30)24-19(29)12-6-7-14(23)13(22)9-12/h4-9,11,16,21H,3,10,23H2,1-2H3,(H,24,29)(H,25,28)/t11?,16-,21+/m0/s1. The van der Waals surface area contributed by atoms with Gasteiger partial charge in [-0.25, -0.2) is 0 Å². The number of nitrogen functional groups attached to an aromatic ring is 1. The van der Waals surface area contributed by atoms with Crippen molar-refractivity contribution < 1.29 is 23.9 Å². The van der Waals surface area contributed by atoms with Gasteiger partial charge in [0.15, 0.2) is 0 Å². The number of cyclic esters (lactones) is 1. The second-order valence-electron chi connectivity index (χ2n) is 7.13. The van der Waals surface area contributed by atoms with Crippen LogP contribution in [0.1, 0.15) is 36.7 Å². The van der Waals surface area contributed by atoms with E-state index in [-0.39, 0.29) is 22.7 Å². The molecule has 1 aromatic heterocycles. The number of nitrogens with two attached hydrogens (primary N) is 1. The number of halogens is 1. The number of carbonyl (C=O) groups excluding carboxylic acids is 3. The molecule has 0 radical (unpaired) electrons. The maximum Gasteiger partial charge on any atom is 0.310 e. The summed E-state index contributed by atoms with van der Waals surface area (Å²) in [7, 11) is 0. The first kappa shape index (κ1) is 23.3. The fourth-order valence-corrected chi connectivity index (χ4v) is 3.35. The zero-order valence-electron chi connectivity index (χ0n) is 17.5. The molecule has 3 rings (SSSR count). The van der Waals surface area contributed by atoms with E-state index in [0.29, 0.717) is 12.3 Å². The molecule has 1 fully saturated rings. The Bertz CT molecular complexity index is 1100. The van der Waals surface area contributed by atoms with Crippen molar-refractivity contribution >= 4 is 40.8 Å². The Labute approximate surface area is 188 Å². The van der Waals surface area contributed by atoms with Crippen LogP contribution in [0, 0.1) is 0 Å². The molecule has 1 aromatic carbocycles. The molecule has 170 valence electrons. The van der Waals surface area contributed by atoms with Gasteiger partial charge in [0.25, 0.3) is 11.5 Å². The Kier molecular flexibility index (Phi) is 7.16.